The number of nitrogens with one attached hydrogen (secondary N) is 1. The fourth-order valence-corrected chi connectivity index (χ4v) is 3.70. The molecule has 3 aromatic rings. The van der Waals surface area contributed by atoms with Crippen molar-refractivity contribution in [1.82, 2.24) is 9.88 Å². The molecular weight excluding hydrogens is 328 g/mol. The minimum Gasteiger partial charge on any atom is -0.496 e. The summed E-state index contributed by atoms with van der Waals surface area (Å²) in [4.78, 5) is 25.6. The van der Waals surface area contributed by atoms with Crippen LogP contribution in [0.3, 0.4) is 0 Å². The van der Waals surface area contributed by atoms with Gasteiger partial charge in [-0.2, -0.15) is 0 Å². The first-order valence-corrected chi connectivity index (χ1v) is 8.67. The van der Waals surface area contributed by atoms with Gasteiger partial charge < -0.3 is 14.6 Å². The molecule has 1 unspecified atom stereocenters. The maximum atomic E-state index is 12.8. The Bertz CT molecular complexity index is 1070. The molecule has 1 amide bonds. The number of hydrogen-bond acceptors (Lipinski definition) is 3. The maximum Gasteiger partial charge on any atom is 0.257 e. The molecule has 1 aromatic heterocycles. The molecule has 0 saturated heterocycles. The van der Waals surface area contributed by atoms with E-state index < -0.39 is 0 Å². The molecule has 2 aromatic carbocycles. The number of carbonyl (C=O) groups excluding carboxylic acids is 1. The van der Waals surface area contributed by atoms with Crippen molar-refractivity contribution in [2.24, 2.45) is 0 Å². The Morgan fingerprint density at radius 3 is 2.85 bits per heavy atom. The Morgan fingerprint density at radius 2 is 2.04 bits per heavy atom. The van der Waals surface area contributed by atoms with Crippen molar-refractivity contribution < 1.29 is 9.53 Å². The summed E-state index contributed by atoms with van der Waals surface area (Å²) in [5.41, 5.74) is 2.94. The van der Waals surface area contributed by atoms with Crippen LogP contribution in [0.25, 0.3) is 10.9 Å². The van der Waals surface area contributed by atoms with Crippen LogP contribution in [0, 0.1) is 0 Å². The van der Waals surface area contributed by atoms with Crippen molar-refractivity contribution in [3.63, 3.8) is 0 Å². The smallest absolute Gasteiger partial charge is 0.257 e. The molecule has 0 spiro atoms. The van der Waals surface area contributed by atoms with Gasteiger partial charge >= 0.3 is 0 Å². The number of pyridine rings is 1. The van der Waals surface area contributed by atoms with E-state index in [-0.39, 0.29) is 22.9 Å². The third kappa shape index (κ3) is 2.56. The van der Waals surface area contributed by atoms with Gasteiger partial charge in [-0.1, -0.05) is 30.3 Å². The van der Waals surface area contributed by atoms with Gasteiger partial charge in [-0.15, -0.1) is 0 Å². The van der Waals surface area contributed by atoms with Crippen molar-refractivity contribution in [2.45, 2.75) is 25.9 Å². The molecule has 2 heterocycles. The Kier molecular flexibility index (Phi) is 3.99. The topological polar surface area (TPSA) is 60.3 Å². The Hall–Kier alpha value is -3.08. The lowest BCUT2D eigenvalue weighted by Gasteiger charge is -2.13. The number of para-hydroxylation sites is 2. The lowest BCUT2D eigenvalue weighted by atomic mass is 10.1. The molecule has 5 nitrogen and oxygen atoms in total. The molecule has 1 N–H and O–H groups in total. The van der Waals surface area contributed by atoms with E-state index in [9.17, 15) is 9.59 Å². The van der Waals surface area contributed by atoms with Crippen molar-refractivity contribution in [3.05, 3.63) is 75.6 Å². The van der Waals surface area contributed by atoms with Crippen LogP contribution in [0.5, 0.6) is 5.75 Å². The highest BCUT2D eigenvalue weighted by atomic mass is 16.5. The second kappa shape index (κ2) is 6.33. The van der Waals surface area contributed by atoms with E-state index in [0.29, 0.717) is 17.7 Å². The number of benzene rings is 2. The quantitative estimate of drug-likeness (QED) is 0.788. The fourth-order valence-electron chi connectivity index (χ4n) is 3.70. The Balaban J connectivity index is 1.68. The first-order valence-electron chi connectivity index (χ1n) is 8.67. The zero-order chi connectivity index (χ0) is 18.3. The number of ether oxygens (including phenoxy) is 1. The molecule has 0 radical (unpaired) electrons. The molecule has 0 aliphatic carbocycles. The molecule has 26 heavy (non-hydrogen) atoms. The van der Waals surface area contributed by atoms with Gasteiger partial charge in [0.2, 0.25) is 5.43 Å². The van der Waals surface area contributed by atoms with Crippen molar-refractivity contribution in [1.29, 1.82) is 0 Å². The second-order valence-electron chi connectivity index (χ2n) is 6.64. The van der Waals surface area contributed by atoms with E-state index >= 15 is 0 Å². The number of hydrogen-bond donors (Lipinski definition) is 1. The summed E-state index contributed by atoms with van der Waals surface area (Å²) < 4.78 is 7.35. The van der Waals surface area contributed by atoms with Gasteiger partial charge in [0.25, 0.3) is 5.91 Å². The number of nitrogens with zero attached hydrogens (tertiary/aromatic N) is 1. The third-order valence-corrected chi connectivity index (χ3v) is 5.00. The molecule has 1 aliphatic rings. The number of methoxy groups -OCH3 is 1. The second-order valence-corrected chi connectivity index (χ2v) is 6.64. The van der Waals surface area contributed by atoms with Gasteiger partial charge in [-0.25, -0.2) is 0 Å². The van der Waals surface area contributed by atoms with Crippen LogP contribution in [-0.4, -0.2) is 17.6 Å². The van der Waals surface area contributed by atoms with Crippen LogP contribution in [0.15, 0.2) is 53.5 Å². The Morgan fingerprint density at radius 1 is 1.23 bits per heavy atom. The number of rotatable bonds is 4. The van der Waals surface area contributed by atoms with Gasteiger partial charge in [0.05, 0.1) is 12.6 Å². The van der Waals surface area contributed by atoms with E-state index in [1.54, 1.807) is 19.4 Å². The highest BCUT2D eigenvalue weighted by Crippen LogP contribution is 2.30. The molecule has 4 rings (SSSR count). The number of amides is 1. The largest absolute Gasteiger partial charge is 0.496 e. The average molecular weight is 348 g/mol. The van der Waals surface area contributed by atoms with E-state index in [1.807, 2.05) is 41.0 Å². The zero-order valence-electron chi connectivity index (χ0n) is 14.8. The molecule has 0 bridgehead atoms. The third-order valence-electron chi connectivity index (χ3n) is 5.00. The van der Waals surface area contributed by atoms with Crippen LogP contribution in [-0.2, 0) is 13.0 Å². The first-order chi connectivity index (χ1) is 12.6. The Labute approximate surface area is 151 Å². The summed E-state index contributed by atoms with van der Waals surface area (Å²) in [5, 5.41) is 3.45. The van der Waals surface area contributed by atoms with E-state index in [4.69, 9.17) is 4.74 Å². The minimum atomic E-state index is -0.365. The van der Waals surface area contributed by atoms with E-state index in [1.165, 1.54) is 0 Å². The molecule has 1 aliphatic heterocycles. The monoisotopic (exact) mass is 348 g/mol. The van der Waals surface area contributed by atoms with Crippen molar-refractivity contribution >= 4 is 16.8 Å². The number of carbonyl (C=O) groups is 1. The molecular formula is C21H20N2O3. The van der Waals surface area contributed by atoms with Crippen LogP contribution in [0.1, 0.15) is 34.5 Å². The van der Waals surface area contributed by atoms with Crippen molar-refractivity contribution in [3.8, 4) is 5.75 Å². The van der Waals surface area contributed by atoms with Crippen LogP contribution < -0.4 is 15.5 Å². The van der Waals surface area contributed by atoms with Crippen LogP contribution in [0.4, 0.5) is 0 Å². The maximum absolute atomic E-state index is 12.8. The summed E-state index contributed by atoms with van der Waals surface area (Å²) in [6.45, 7) is 2.40. The molecule has 1 atom stereocenters. The van der Waals surface area contributed by atoms with E-state index in [0.717, 1.165) is 23.1 Å². The van der Waals surface area contributed by atoms with E-state index in [2.05, 4.69) is 12.2 Å². The standard InChI is InChI=1S/C21H20N2O3/c1-13-10-14-7-5-8-16-19(14)23(13)12-17(20(16)24)21(25)22-11-15-6-3-4-9-18(15)26-2/h3-9,12-13H,10-11H2,1-2H3,(H,22,25). The zero-order valence-corrected chi connectivity index (χ0v) is 14.8. The lowest BCUT2D eigenvalue weighted by Crippen LogP contribution is -2.29. The van der Waals surface area contributed by atoms with Gasteiger partial charge in [-0.05, 0) is 31.0 Å². The predicted octanol–water partition coefficient (Wildman–Crippen LogP) is 3.06. The SMILES string of the molecule is COc1ccccc1CNC(=O)c1cn2c3c(cccc3c1=O)CC2C. The molecule has 132 valence electrons. The van der Waals surface area contributed by atoms with Gasteiger partial charge in [0.15, 0.2) is 0 Å². The first kappa shape index (κ1) is 16.4. The normalized spacial score (nSPS) is 15.2. The highest BCUT2D eigenvalue weighted by Gasteiger charge is 2.24. The van der Waals surface area contributed by atoms with Gasteiger partial charge in [0, 0.05) is 29.7 Å². The fraction of sp³-hybridized carbons (Fsp3) is 0.238. The summed E-state index contributed by atoms with van der Waals surface area (Å²) in [5.74, 6) is 0.343. The average Bonchev–Trinajstić information content (AvgIpc) is 2.99. The van der Waals surface area contributed by atoms with Crippen LogP contribution >= 0.6 is 0 Å². The molecule has 5 heteroatoms. The summed E-state index contributed by atoms with van der Waals surface area (Å²) in [7, 11) is 1.59. The summed E-state index contributed by atoms with van der Waals surface area (Å²) in [6.07, 6.45) is 2.58. The molecule has 0 fully saturated rings. The van der Waals surface area contributed by atoms with Crippen molar-refractivity contribution in [2.75, 3.05) is 7.11 Å². The summed E-state index contributed by atoms with van der Waals surface area (Å²) in [6, 6.07) is 13.5. The lowest BCUT2D eigenvalue weighted by molar-refractivity contribution is 0.0949. The summed E-state index contributed by atoms with van der Waals surface area (Å²) >= 11 is 0. The van der Waals surface area contributed by atoms with Gasteiger partial charge in [0.1, 0.15) is 11.3 Å². The highest BCUT2D eigenvalue weighted by molar-refractivity contribution is 5.98. The predicted molar refractivity (Wildman–Crippen MR) is 101 cm³/mol. The van der Waals surface area contributed by atoms with Gasteiger partial charge in [-0.3, -0.25) is 9.59 Å². The number of aromatic nitrogens is 1. The molecule has 0 saturated carbocycles. The van der Waals surface area contributed by atoms with Crippen LogP contribution in [0.2, 0.25) is 0 Å². The minimum absolute atomic E-state index is 0.179.